The quantitative estimate of drug-likeness (QED) is 0.514. The molecule has 6 nitrogen and oxygen atoms in total. The molecular formula is C27H33N3O3. The Morgan fingerprint density at radius 2 is 1.52 bits per heavy atom. The van der Waals surface area contributed by atoms with E-state index in [1.54, 1.807) is 13.3 Å². The second kappa shape index (κ2) is 11.9. The summed E-state index contributed by atoms with van der Waals surface area (Å²) in [5.41, 5.74) is 3.37. The third-order valence-corrected chi connectivity index (χ3v) is 6.09. The van der Waals surface area contributed by atoms with Gasteiger partial charge in [0.2, 0.25) is 0 Å². The molecule has 1 fully saturated rings. The molecule has 1 N–H and O–H groups in total. The van der Waals surface area contributed by atoms with Crippen LogP contribution in [0.1, 0.15) is 22.9 Å². The van der Waals surface area contributed by atoms with Gasteiger partial charge in [-0.1, -0.05) is 60.7 Å². The molecule has 33 heavy (non-hydrogen) atoms. The molecule has 174 valence electrons. The Morgan fingerprint density at radius 1 is 0.879 bits per heavy atom. The van der Waals surface area contributed by atoms with Gasteiger partial charge in [0, 0.05) is 38.9 Å². The van der Waals surface area contributed by atoms with Crippen LogP contribution in [0.5, 0.6) is 5.75 Å². The first-order valence-electron chi connectivity index (χ1n) is 11.5. The van der Waals surface area contributed by atoms with Crippen LogP contribution in [0.25, 0.3) is 0 Å². The zero-order valence-corrected chi connectivity index (χ0v) is 19.2. The topological polar surface area (TPSA) is 58.1 Å². The lowest BCUT2D eigenvalue weighted by Crippen LogP contribution is -2.50. The van der Waals surface area contributed by atoms with Gasteiger partial charge in [-0.05, 0) is 23.3 Å². The summed E-state index contributed by atoms with van der Waals surface area (Å²) in [6, 6.07) is 25.3. The van der Waals surface area contributed by atoms with Crippen molar-refractivity contribution >= 4 is 0 Å². The molecule has 1 saturated heterocycles. The molecule has 0 bridgehead atoms. The van der Waals surface area contributed by atoms with Crippen molar-refractivity contribution in [3.63, 3.8) is 0 Å². The van der Waals surface area contributed by atoms with Crippen LogP contribution in [0, 0.1) is 0 Å². The maximum absolute atomic E-state index is 10.5. The number of aliphatic hydroxyl groups is 1. The largest absolute Gasteiger partial charge is 0.495 e. The number of ether oxygens (including phenoxy) is 2. The Kier molecular flexibility index (Phi) is 8.44. The van der Waals surface area contributed by atoms with E-state index in [0.29, 0.717) is 18.9 Å². The lowest BCUT2D eigenvalue weighted by atomic mass is 9.96. The van der Waals surface area contributed by atoms with E-state index in [0.717, 1.165) is 31.9 Å². The number of hydrogen-bond donors (Lipinski definition) is 1. The molecule has 4 rings (SSSR count). The van der Waals surface area contributed by atoms with E-state index in [1.165, 1.54) is 11.1 Å². The number of rotatable bonds is 10. The maximum Gasteiger partial charge on any atom is 0.142 e. The van der Waals surface area contributed by atoms with Gasteiger partial charge in [-0.15, -0.1) is 0 Å². The highest BCUT2D eigenvalue weighted by Crippen LogP contribution is 2.29. The molecular weight excluding hydrogens is 414 g/mol. The molecule has 0 saturated carbocycles. The summed E-state index contributed by atoms with van der Waals surface area (Å²) in [4.78, 5) is 9.15. The van der Waals surface area contributed by atoms with Gasteiger partial charge in [-0.2, -0.15) is 0 Å². The van der Waals surface area contributed by atoms with E-state index in [-0.39, 0.29) is 12.6 Å². The molecule has 0 spiro atoms. The van der Waals surface area contributed by atoms with E-state index in [1.807, 2.05) is 12.1 Å². The lowest BCUT2D eigenvalue weighted by Gasteiger charge is -2.40. The molecule has 1 atom stereocenters. The Labute approximate surface area is 196 Å². The third kappa shape index (κ3) is 6.39. The van der Waals surface area contributed by atoms with Gasteiger partial charge < -0.3 is 14.6 Å². The number of β-amino-alcohol motifs (C(OH)–C–C–N with tert-alkyl or cyclic N) is 1. The fraction of sp³-hybridized carbons (Fsp3) is 0.370. The summed E-state index contributed by atoms with van der Waals surface area (Å²) in [5.74, 6) is 0.703. The van der Waals surface area contributed by atoms with Crippen LogP contribution in [-0.4, -0.2) is 72.4 Å². The first-order chi connectivity index (χ1) is 16.2. The van der Waals surface area contributed by atoms with E-state index in [4.69, 9.17) is 9.47 Å². The maximum atomic E-state index is 10.5. The predicted molar refractivity (Wildman–Crippen MR) is 129 cm³/mol. The van der Waals surface area contributed by atoms with E-state index in [9.17, 15) is 5.11 Å². The average Bonchev–Trinajstić information content (AvgIpc) is 2.87. The minimum Gasteiger partial charge on any atom is -0.495 e. The van der Waals surface area contributed by atoms with Crippen molar-refractivity contribution in [2.45, 2.75) is 18.8 Å². The molecule has 6 heteroatoms. The monoisotopic (exact) mass is 447 g/mol. The average molecular weight is 448 g/mol. The van der Waals surface area contributed by atoms with Gasteiger partial charge >= 0.3 is 0 Å². The molecule has 1 aliphatic heterocycles. The van der Waals surface area contributed by atoms with Crippen LogP contribution in [0.2, 0.25) is 0 Å². The van der Waals surface area contributed by atoms with E-state index < -0.39 is 6.10 Å². The molecule has 0 aliphatic carbocycles. The molecule has 0 radical (unpaired) electrons. The highest BCUT2D eigenvalue weighted by molar-refractivity contribution is 5.32. The van der Waals surface area contributed by atoms with Crippen molar-refractivity contribution in [2.24, 2.45) is 0 Å². The molecule has 0 amide bonds. The predicted octanol–water partition coefficient (Wildman–Crippen LogP) is 3.37. The Hall–Kier alpha value is -2.77. The Balaban J connectivity index is 1.28. The number of piperazine rings is 1. The number of pyridine rings is 1. The molecule has 2 heterocycles. The Morgan fingerprint density at radius 3 is 2.12 bits per heavy atom. The summed E-state index contributed by atoms with van der Waals surface area (Å²) >= 11 is 0. The standard InChI is InChI=1S/C27H33N3O3/c1-32-26-13-8-14-28-25(26)21-33-20-24(31)19-29-15-17-30(18-16-29)27(22-9-4-2-5-10-22)23-11-6-3-7-12-23/h2-14,24,27,31H,15-21H2,1H3. The number of benzene rings is 2. The molecule has 1 aromatic heterocycles. The van der Waals surface area contributed by atoms with Crippen LogP contribution >= 0.6 is 0 Å². The van der Waals surface area contributed by atoms with E-state index >= 15 is 0 Å². The lowest BCUT2D eigenvalue weighted by molar-refractivity contribution is -0.00186. The number of nitrogens with zero attached hydrogens (tertiary/aromatic N) is 3. The highest BCUT2D eigenvalue weighted by atomic mass is 16.5. The smallest absolute Gasteiger partial charge is 0.142 e. The zero-order valence-electron chi connectivity index (χ0n) is 19.2. The van der Waals surface area contributed by atoms with Crippen LogP contribution in [-0.2, 0) is 11.3 Å². The second-order valence-corrected chi connectivity index (χ2v) is 8.38. The summed E-state index contributed by atoms with van der Waals surface area (Å²) < 4.78 is 11.0. The summed E-state index contributed by atoms with van der Waals surface area (Å²) in [7, 11) is 1.62. The van der Waals surface area contributed by atoms with Crippen LogP contribution < -0.4 is 4.74 Å². The minimum atomic E-state index is -0.537. The SMILES string of the molecule is COc1cccnc1COCC(O)CN1CCN(C(c2ccccc2)c2ccccc2)CC1. The number of methoxy groups -OCH3 is 1. The van der Waals surface area contributed by atoms with Crippen LogP contribution in [0.15, 0.2) is 79.0 Å². The summed E-state index contributed by atoms with van der Waals surface area (Å²) in [6.07, 6.45) is 1.18. The van der Waals surface area contributed by atoms with Gasteiger partial charge in [0.25, 0.3) is 0 Å². The highest BCUT2D eigenvalue weighted by Gasteiger charge is 2.27. The molecule has 3 aromatic rings. The van der Waals surface area contributed by atoms with Crippen LogP contribution in [0.3, 0.4) is 0 Å². The van der Waals surface area contributed by atoms with Gasteiger partial charge in [0.1, 0.15) is 11.4 Å². The van der Waals surface area contributed by atoms with Gasteiger partial charge in [0.15, 0.2) is 0 Å². The van der Waals surface area contributed by atoms with Crippen molar-refractivity contribution in [1.82, 2.24) is 14.8 Å². The third-order valence-electron chi connectivity index (χ3n) is 6.09. The fourth-order valence-electron chi connectivity index (χ4n) is 4.45. The van der Waals surface area contributed by atoms with Crippen LogP contribution in [0.4, 0.5) is 0 Å². The van der Waals surface area contributed by atoms with Crippen molar-refractivity contribution in [3.05, 3.63) is 95.8 Å². The van der Waals surface area contributed by atoms with Crippen molar-refractivity contribution in [1.29, 1.82) is 0 Å². The summed E-state index contributed by atoms with van der Waals surface area (Å²) in [6.45, 7) is 4.94. The van der Waals surface area contributed by atoms with Gasteiger partial charge in [-0.25, -0.2) is 0 Å². The second-order valence-electron chi connectivity index (χ2n) is 8.38. The van der Waals surface area contributed by atoms with Crippen molar-refractivity contribution < 1.29 is 14.6 Å². The summed E-state index contributed by atoms with van der Waals surface area (Å²) in [5, 5.41) is 10.5. The number of hydrogen-bond acceptors (Lipinski definition) is 6. The zero-order chi connectivity index (χ0) is 22.9. The first kappa shape index (κ1) is 23.4. The van der Waals surface area contributed by atoms with Gasteiger partial charge in [0.05, 0.1) is 32.5 Å². The molecule has 1 unspecified atom stereocenters. The molecule has 2 aromatic carbocycles. The van der Waals surface area contributed by atoms with E-state index in [2.05, 4.69) is 75.4 Å². The van der Waals surface area contributed by atoms with Gasteiger partial charge in [-0.3, -0.25) is 14.8 Å². The number of aliphatic hydroxyl groups excluding tert-OH is 1. The van der Waals surface area contributed by atoms with Crippen molar-refractivity contribution in [2.75, 3.05) is 46.4 Å². The minimum absolute atomic E-state index is 0.246. The normalized spacial score (nSPS) is 16.1. The number of aromatic nitrogens is 1. The van der Waals surface area contributed by atoms with Crippen molar-refractivity contribution in [3.8, 4) is 5.75 Å². The molecule has 1 aliphatic rings. The Bertz CT molecular complexity index is 923. The fourth-order valence-corrected chi connectivity index (χ4v) is 4.45. The first-order valence-corrected chi connectivity index (χ1v) is 11.5.